The molecule has 5 aliphatic carbocycles. The predicted molar refractivity (Wildman–Crippen MR) is 212 cm³/mol. The molecule has 7 aliphatic rings. The highest BCUT2D eigenvalue weighted by molar-refractivity contribution is 7.19. The molecule has 0 bridgehead atoms. The summed E-state index contributed by atoms with van der Waals surface area (Å²) >= 11 is 2.03. The molecule has 51 heavy (non-hydrogen) atoms. The van der Waals surface area contributed by atoms with Crippen molar-refractivity contribution in [1.29, 1.82) is 0 Å². The van der Waals surface area contributed by atoms with E-state index in [2.05, 4.69) is 156 Å². The number of hydrogen-bond acceptors (Lipinski definition) is 4. The highest BCUT2D eigenvalue weighted by atomic mass is 32.1. The summed E-state index contributed by atoms with van der Waals surface area (Å²) in [4.78, 5) is 9.48. The van der Waals surface area contributed by atoms with E-state index in [1.54, 1.807) is 10.4 Å². The van der Waals surface area contributed by atoms with Gasteiger partial charge in [-0.15, -0.1) is 11.3 Å². The van der Waals surface area contributed by atoms with Gasteiger partial charge < -0.3 is 10.2 Å². The Morgan fingerprint density at radius 1 is 0.843 bits per heavy atom. The van der Waals surface area contributed by atoms with Crippen molar-refractivity contribution in [2.45, 2.75) is 55.0 Å². The van der Waals surface area contributed by atoms with Crippen LogP contribution in [0.4, 0.5) is 0 Å². The summed E-state index contributed by atoms with van der Waals surface area (Å²) in [6.45, 7) is 0.685. The van der Waals surface area contributed by atoms with Gasteiger partial charge in [-0.25, -0.2) is 4.99 Å². The number of aryl methyl sites for hydroxylation is 1. The van der Waals surface area contributed by atoms with Crippen LogP contribution in [0.15, 0.2) is 156 Å². The van der Waals surface area contributed by atoms with Gasteiger partial charge in [0, 0.05) is 50.4 Å². The van der Waals surface area contributed by atoms with E-state index in [9.17, 15) is 0 Å². The molecule has 3 aromatic carbocycles. The first-order valence-electron chi connectivity index (χ1n) is 18.9. The molecular weight excluding hydrogens is 639 g/mol. The van der Waals surface area contributed by atoms with Gasteiger partial charge in [-0.1, -0.05) is 133 Å². The van der Waals surface area contributed by atoms with Crippen LogP contribution in [0.1, 0.15) is 63.8 Å². The van der Waals surface area contributed by atoms with Crippen molar-refractivity contribution in [2.75, 3.05) is 6.54 Å². The van der Waals surface area contributed by atoms with Gasteiger partial charge in [-0.2, -0.15) is 0 Å². The highest BCUT2D eigenvalue weighted by Crippen LogP contribution is 2.61. The molecule has 2 aliphatic heterocycles. The van der Waals surface area contributed by atoms with Crippen LogP contribution >= 0.6 is 11.3 Å². The molecule has 0 spiro atoms. The number of allylic oxidation sites excluding steroid dienone is 10. The van der Waals surface area contributed by atoms with E-state index in [0.717, 1.165) is 31.6 Å². The van der Waals surface area contributed by atoms with Crippen molar-refractivity contribution in [3.8, 4) is 0 Å². The average Bonchev–Trinajstić information content (AvgIpc) is 3.85. The monoisotopic (exact) mass is 679 g/mol. The number of nitrogens with one attached hydrogen (secondary N) is 1. The first-order chi connectivity index (χ1) is 25.3. The van der Waals surface area contributed by atoms with Gasteiger partial charge in [-0.05, 0) is 77.1 Å². The standard InChI is InChI=1S/C47H41N3S/c1-3-13-31(14-4-1)47(32-15-5-2-6-16-32)38-20-10-7-17-33(38)34-24-23-30(29-39(34)47)40-27-28-48-46(49-40)50-41-21-11-8-19-37(41)44-42(50)26-25-36-35-18-9-12-22-43(35)51-45(36)44/h1-5,7-15,17-24,27,29,33,37-38,41-42,44H,6,16,25-26,28H2,(H,48,49). The fourth-order valence-corrected chi connectivity index (χ4v) is 12.4. The number of fused-ring (bicyclic) bond motifs is 10. The van der Waals surface area contributed by atoms with Crippen molar-refractivity contribution in [1.82, 2.24) is 10.2 Å². The van der Waals surface area contributed by atoms with Crippen molar-refractivity contribution >= 4 is 33.1 Å². The number of likely N-dealkylation sites (tertiary alicyclic amines) is 1. The Balaban J connectivity index is 0.986. The molecule has 1 aromatic heterocycles. The lowest BCUT2D eigenvalue weighted by atomic mass is 9.61. The average molecular weight is 680 g/mol. The quantitative estimate of drug-likeness (QED) is 0.233. The number of thiophene rings is 1. The minimum Gasteiger partial charge on any atom is -0.332 e. The molecular formula is C47H41N3S. The molecule has 1 saturated heterocycles. The van der Waals surface area contributed by atoms with Gasteiger partial charge in [0.1, 0.15) is 0 Å². The Kier molecular flexibility index (Phi) is 6.74. The molecule has 7 atom stereocenters. The molecule has 0 amide bonds. The molecule has 0 saturated carbocycles. The molecule has 3 nitrogen and oxygen atoms in total. The van der Waals surface area contributed by atoms with E-state index >= 15 is 0 Å². The lowest BCUT2D eigenvalue weighted by Crippen LogP contribution is -2.49. The summed E-state index contributed by atoms with van der Waals surface area (Å²) in [6.07, 6.45) is 32.6. The first-order valence-corrected chi connectivity index (χ1v) is 19.7. The fourth-order valence-electron chi connectivity index (χ4n) is 11.0. The van der Waals surface area contributed by atoms with Crippen molar-refractivity contribution in [3.63, 3.8) is 0 Å². The largest absolute Gasteiger partial charge is 0.332 e. The van der Waals surface area contributed by atoms with Crippen LogP contribution in [0.5, 0.6) is 0 Å². The second-order valence-electron chi connectivity index (χ2n) is 15.2. The van der Waals surface area contributed by atoms with E-state index in [1.807, 2.05) is 11.3 Å². The number of nitrogens with zero attached hydrogens (tertiary/aromatic N) is 2. The number of aliphatic imine (C=N–C) groups is 1. The number of guanidine groups is 1. The fraction of sp³-hybridized carbons (Fsp3) is 0.255. The minimum atomic E-state index is -0.214. The van der Waals surface area contributed by atoms with Crippen LogP contribution in [-0.4, -0.2) is 29.5 Å². The van der Waals surface area contributed by atoms with Crippen LogP contribution in [0.2, 0.25) is 0 Å². The summed E-state index contributed by atoms with van der Waals surface area (Å²) in [6, 6.07) is 28.4. The van der Waals surface area contributed by atoms with E-state index in [4.69, 9.17) is 4.99 Å². The maximum atomic E-state index is 5.21. The summed E-state index contributed by atoms with van der Waals surface area (Å²) in [5, 5.41) is 5.42. The zero-order chi connectivity index (χ0) is 33.5. The van der Waals surface area contributed by atoms with E-state index < -0.39 is 0 Å². The molecule has 11 rings (SSSR count). The molecule has 0 radical (unpaired) electrons. The molecule has 4 aromatic rings. The third-order valence-electron chi connectivity index (χ3n) is 12.9. The van der Waals surface area contributed by atoms with Gasteiger partial charge in [0.2, 0.25) is 0 Å². The number of rotatable bonds is 3. The Hall–Kier alpha value is -4.93. The normalized spacial score (nSPS) is 30.9. The molecule has 7 unspecified atom stereocenters. The molecule has 250 valence electrons. The van der Waals surface area contributed by atoms with Gasteiger partial charge in [-0.3, -0.25) is 0 Å². The van der Waals surface area contributed by atoms with Crippen molar-refractivity contribution < 1.29 is 0 Å². The Morgan fingerprint density at radius 3 is 2.63 bits per heavy atom. The zero-order valence-electron chi connectivity index (χ0n) is 28.7. The topological polar surface area (TPSA) is 27.6 Å². The molecule has 1 N–H and O–H groups in total. The Bertz CT molecular complexity index is 2330. The molecule has 4 heteroatoms. The zero-order valence-corrected chi connectivity index (χ0v) is 29.5. The Labute approximate surface area is 304 Å². The van der Waals surface area contributed by atoms with Crippen molar-refractivity contribution in [2.24, 2.45) is 16.8 Å². The van der Waals surface area contributed by atoms with Crippen LogP contribution in [0.25, 0.3) is 15.8 Å². The lowest BCUT2D eigenvalue weighted by molar-refractivity contribution is 0.304. The van der Waals surface area contributed by atoms with Crippen LogP contribution < -0.4 is 5.32 Å². The number of hydrogen-bond donors (Lipinski definition) is 1. The van der Waals surface area contributed by atoms with Crippen LogP contribution in [-0.2, 0) is 11.8 Å². The maximum Gasteiger partial charge on any atom is 0.199 e. The minimum absolute atomic E-state index is 0.214. The maximum absolute atomic E-state index is 5.21. The number of benzene rings is 3. The lowest BCUT2D eigenvalue weighted by Gasteiger charge is -2.41. The first kappa shape index (κ1) is 29.8. The van der Waals surface area contributed by atoms with Crippen LogP contribution in [0, 0.1) is 11.8 Å². The predicted octanol–water partition coefficient (Wildman–Crippen LogP) is 10.1. The van der Waals surface area contributed by atoms with E-state index in [1.165, 1.54) is 43.6 Å². The summed E-state index contributed by atoms with van der Waals surface area (Å²) in [7, 11) is 0. The van der Waals surface area contributed by atoms with Gasteiger partial charge in [0.05, 0.1) is 12.6 Å². The SMILES string of the molecule is C1=CCCC(C2(c3ccccc3)c3cc(C4=CCN=C(N5C6C=CC=CC6C6c7sc8ccccc8c7CCC65)N4)ccc3C3C=CC=CC32)=C1. The third kappa shape index (κ3) is 4.26. The summed E-state index contributed by atoms with van der Waals surface area (Å²) in [5.74, 6) is 2.65. The van der Waals surface area contributed by atoms with Crippen molar-refractivity contribution in [3.05, 3.63) is 184 Å². The second kappa shape index (κ2) is 11.5. The highest BCUT2D eigenvalue weighted by Gasteiger charge is 2.54. The third-order valence-corrected chi connectivity index (χ3v) is 14.3. The van der Waals surface area contributed by atoms with Gasteiger partial charge >= 0.3 is 0 Å². The molecule has 1 fully saturated rings. The van der Waals surface area contributed by atoms with E-state index in [-0.39, 0.29) is 5.41 Å². The van der Waals surface area contributed by atoms with Gasteiger partial charge in [0.25, 0.3) is 0 Å². The summed E-state index contributed by atoms with van der Waals surface area (Å²) in [5.41, 5.74) is 9.64. The second-order valence-corrected chi connectivity index (χ2v) is 16.3. The Morgan fingerprint density at radius 2 is 1.71 bits per heavy atom. The summed E-state index contributed by atoms with van der Waals surface area (Å²) < 4.78 is 1.43. The van der Waals surface area contributed by atoms with Crippen LogP contribution in [0.3, 0.4) is 0 Å². The van der Waals surface area contributed by atoms with Gasteiger partial charge in [0.15, 0.2) is 5.96 Å². The smallest absolute Gasteiger partial charge is 0.199 e. The molecule has 3 heterocycles. The van der Waals surface area contributed by atoms with E-state index in [0.29, 0.717) is 42.3 Å².